The van der Waals surface area contributed by atoms with Crippen molar-refractivity contribution < 1.29 is 23.9 Å². The lowest BCUT2D eigenvalue weighted by molar-refractivity contribution is 0.0804. The lowest BCUT2D eigenvalue weighted by atomic mass is 9.94. The van der Waals surface area contributed by atoms with E-state index in [4.69, 9.17) is 14.3 Å². The number of aromatic nitrogens is 3. The monoisotopic (exact) mass is 536 g/mol. The number of amides is 1. The molecule has 0 saturated heterocycles. The second kappa shape index (κ2) is 11.7. The van der Waals surface area contributed by atoms with Crippen LogP contribution < -0.4 is 10.2 Å². The molecule has 200 valence electrons. The van der Waals surface area contributed by atoms with Gasteiger partial charge >= 0.3 is 11.4 Å². The highest BCUT2D eigenvalue weighted by Crippen LogP contribution is 2.44. The molecule has 10 heteroatoms. The summed E-state index contributed by atoms with van der Waals surface area (Å²) >= 11 is 0.922. The van der Waals surface area contributed by atoms with Crippen molar-refractivity contribution in [1.29, 1.82) is 0 Å². The van der Waals surface area contributed by atoms with E-state index in [1.807, 2.05) is 38.2 Å². The first-order valence-electron chi connectivity index (χ1n) is 12.5. The highest BCUT2D eigenvalue weighted by Gasteiger charge is 2.25. The minimum absolute atomic E-state index is 0.193. The molecule has 9 nitrogen and oxygen atoms in total. The third-order valence-corrected chi connectivity index (χ3v) is 6.97. The van der Waals surface area contributed by atoms with Gasteiger partial charge in [0.25, 0.3) is 0 Å². The summed E-state index contributed by atoms with van der Waals surface area (Å²) in [5.74, 6) is 0.548. The van der Waals surface area contributed by atoms with Crippen LogP contribution in [0.15, 0.2) is 47.5 Å². The molecule has 2 heterocycles. The van der Waals surface area contributed by atoms with Crippen molar-refractivity contribution in [3.8, 4) is 28.1 Å². The van der Waals surface area contributed by atoms with Crippen LogP contribution in [0.3, 0.4) is 0 Å². The average Bonchev–Trinajstić information content (AvgIpc) is 3.43. The molecule has 0 aliphatic heterocycles. The van der Waals surface area contributed by atoms with Crippen LogP contribution in [0.2, 0.25) is 0 Å². The van der Waals surface area contributed by atoms with E-state index in [2.05, 4.69) is 46.2 Å². The number of aromatic amines is 1. The predicted molar refractivity (Wildman–Crippen MR) is 148 cm³/mol. The molecule has 0 aliphatic rings. The maximum atomic E-state index is 12.6. The third-order valence-electron chi connectivity index (χ3n) is 6.21. The van der Waals surface area contributed by atoms with E-state index >= 15 is 0 Å². The van der Waals surface area contributed by atoms with Crippen LogP contribution >= 0.6 is 11.8 Å². The van der Waals surface area contributed by atoms with Gasteiger partial charge < -0.3 is 14.0 Å². The number of fused-ring (bicyclic) bond motifs is 1. The molecular formula is C28H32N4O5S. The molecule has 0 radical (unpaired) electrons. The highest BCUT2D eigenvalue weighted by molar-refractivity contribution is 8.13. The van der Waals surface area contributed by atoms with E-state index < -0.39 is 11.4 Å². The Morgan fingerprint density at radius 3 is 2.61 bits per heavy atom. The summed E-state index contributed by atoms with van der Waals surface area (Å²) in [5.41, 5.74) is 8.45. The Hall–Kier alpha value is -3.76. The number of H-pyrrole nitrogens is 1. The number of rotatable bonds is 8. The van der Waals surface area contributed by atoms with Gasteiger partial charge in [-0.05, 0) is 73.8 Å². The minimum Gasteiger partial charge on any atom is -0.434 e. The van der Waals surface area contributed by atoms with Gasteiger partial charge in [0.15, 0.2) is 0 Å². The number of benzene rings is 2. The Morgan fingerprint density at radius 1 is 1.11 bits per heavy atom. The lowest BCUT2D eigenvalue weighted by Gasteiger charge is -2.15. The molecule has 4 rings (SSSR count). The lowest BCUT2D eigenvalue weighted by Crippen LogP contribution is -2.18. The van der Waals surface area contributed by atoms with Gasteiger partial charge in [0, 0.05) is 34.8 Å². The molecule has 0 aliphatic carbocycles. The zero-order chi connectivity index (χ0) is 27.4. The summed E-state index contributed by atoms with van der Waals surface area (Å²) in [7, 11) is 2.01. The number of nitrogens with one attached hydrogen (secondary N) is 2. The number of carbonyl (C=O) groups is 2. The highest BCUT2D eigenvalue weighted by atomic mass is 32.2. The molecule has 2 aromatic carbocycles. The van der Waals surface area contributed by atoms with Crippen LogP contribution in [-0.4, -0.2) is 39.4 Å². The standard InChI is InChI=1S/C28H32N4O5S/c1-7-35-28(34)37-23-13-12-18(16(3)4)15-21(23)25-24(26(30-29-25)38-27(33)31-36-8-2)19-10-9-11-22-20(19)14-17(5)32(22)6/h9-16H,7-8H2,1-6H3,(H,29,30)(H,31,33). The topological polar surface area (TPSA) is 107 Å². The van der Waals surface area contributed by atoms with Gasteiger partial charge in [-0.1, -0.05) is 32.0 Å². The van der Waals surface area contributed by atoms with Crippen molar-refractivity contribution in [2.45, 2.75) is 45.6 Å². The zero-order valence-corrected chi connectivity index (χ0v) is 23.2. The molecule has 0 spiro atoms. The fourth-order valence-corrected chi connectivity index (χ4v) is 4.90. The second-order valence-electron chi connectivity index (χ2n) is 8.98. The summed E-state index contributed by atoms with van der Waals surface area (Å²) in [4.78, 5) is 30.0. The Bertz CT molecular complexity index is 1470. The van der Waals surface area contributed by atoms with Crippen LogP contribution in [0.25, 0.3) is 33.3 Å². The largest absolute Gasteiger partial charge is 0.513 e. The smallest absolute Gasteiger partial charge is 0.434 e. The summed E-state index contributed by atoms with van der Waals surface area (Å²) in [6, 6.07) is 13.8. The molecule has 2 aromatic heterocycles. The molecule has 2 N–H and O–H groups in total. The maximum Gasteiger partial charge on any atom is 0.513 e. The van der Waals surface area contributed by atoms with E-state index in [0.717, 1.165) is 39.5 Å². The Balaban J connectivity index is 1.96. The van der Waals surface area contributed by atoms with E-state index in [0.29, 0.717) is 34.2 Å². The van der Waals surface area contributed by atoms with Crippen molar-refractivity contribution in [2.24, 2.45) is 7.05 Å². The number of hydrogen-bond acceptors (Lipinski definition) is 7. The normalized spacial score (nSPS) is 11.2. The fraction of sp³-hybridized carbons (Fsp3) is 0.321. The quantitative estimate of drug-likeness (QED) is 0.108. The second-order valence-corrected chi connectivity index (χ2v) is 9.94. The molecule has 0 saturated carbocycles. The van der Waals surface area contributed by atoms with Gasteiger partial charge in [-0.3, -0.25) is 14.7 Å². The number of aryl methyl sites for hydroxylation is 2. The average molecular weight is 537 g/mol. The molecule has 4 aromatic rings. The van der Waals surface area contributed by atoms with Crippen LogP contribution in [-0.2, 0) is 16.6 Å². The van der Waals surface area contributed by atoms with Gasteiger partial charge in [-0.15, -0.1) is 0 Å². The first-order chi connectivity index (χ1) is 18.2. The molecule has 0 unspecified atom stereocenters. The minimum atomic E-state index is -0.793. The summed E-state index contributed by atoms with van der Waals surface area (Å²) in [6.07, 6.45) is -0.793. The Morgan fingerprint density at radius 2 is 1.89 bits per heavy atom. The van der Waals surface area contributed by atoms with E-state index in [9.17, 15) is 9.59 Å². The van der Waals surface area contributed by atoms with Crippen molar-refractivity contribution in [3.63, 3.8) is 0 Å². The van der Waals surface area contributed by atoms with Crippen molar-refractivity contribution in [2.75, 3.05) is 13.2 Å². The van der Waals surface area contributed by atoms with E-state index in [1.54, 1.807) is 19.9 Å². The summed E-state index contributed by atoms with van der Waals surface area (Å²) in [6.45, 7) is 10.3. The molecule has 1 amide bonds. The summed E-state index contributed by atoms with van der Waals surface area (Å²) in [5, 5.41) is 8.71. The van der Waals surface area contributed by atoms with E-state index in [-0.39, 0.29) is 12.5 Å². The Kier molecular flexibility index (Phi) is 8.43. The number of thioether (sulfide) groups is 1. The number of ether oxygens (including phenoxy) is 2. The maximum absolute atomic E-state index is 12.6. The van der Waals surface area contributed by atoms with Crippen molar-refractivity contribution >= 4 is 34.1 Å². The van der Waals surface area contributed by atoms with Gasteiger partial charge in [0.05, 0.1) is 18.9 Å². The predicted octanol–water partition coefficient (Wildman–Crippen LogP) is 6.96. The first-order valence-corrected chi connectivity index (χ1v) is 13.3. The Labute approximate surface area is 225 Å². The van der Waals surface area contributed by atoms with Crippen LogP contribution in [0.1, 0.15) is 44.9 Å². The molecule has 38 heavy (non-hydrogen) atoms. The zero-order valence-electron chi connectivity index (χ0n) is 22.4. The van der Waals surface area contributed by atoms with Gasteiger partial charge in [0.2, 0.25) is 0 Å². The summed E-state index contributed by atoms with van der Waals surface area (Å²) < 4.78 is 12.8. The SMILES string of the molecule is CCONC(=O)Sc1n[nH]c(-c2cc(C(C)C)ccc2OC(=O)OCC)c1-c1cccc2c1cc(C)n2C. The van der Waals surface area contributed by atoms with Gasteiger partial charge in [-0.25, -0.2) is 10.3 Å². The van der Waals surface area contributed by atoms with Crippen LogP contribution in [0, 0.1) is 6.92 Å². The molecular weight excluding hydrogens is 504 g/mol. The number of nitrogens with zero attached hydrogens (tertiary/aromatic N) is 2. The molecule has 0 fully saturated rings. The molecule has 0 bridgehead atoms. The number of carbonyl (C=O) groups excluding carboxylic acids is 2. The van der Waals surface area contributed by atoms with Gasteiger partial charge in [0.1, 0.15) is 10.8 Å². The third kappa shape index (κ3) is 5.56. The van der Waals surface area contributed by atoms with Gasteiger partial charge in [-0.2, -0.15) is 5.10 Å². The number of hydrogen-bond donors (Lipinski definition) is 2. The number of hydroxylamine groups is 1. The van der Waals surface area contributed by atoms with E-state index in [1.165, 1.54) is 0 Å². The van der Waals surface area contributed by atoms with Crippen LogP contribution in [0.5, 0.6) is 5.75 Å². The fourth-order valence-electron chi connectivity index (χ4n) is 4.22. The van der Waals surface area contributed by atoms with Crippen molar-refractivity contribution in [1.82, 2.24) is 20.2 Å². The first kappa shape index (κ1) is 27.3. The molecule has 0 atom stereocenters. The van der Waals surface area contributed by atoms with Crippen LogP contribution in [0.4, 0.5) is 9.59 Å². The van der Waals surface area contributed by atoms with Crippen molar-refractivity contribution in [3.05, 3.63) is 53.7 Å².